The predicted molar refractivity (Wildman–Crippen MR) is 121 cm³/mol. The van der Waals surface area contributed by atoms with E-state index in [0.29, 0.717) is 5.92 Å². The fourth-order valence-corrected chi connectivity index (χ4v) is 5.04. The van der Waals surface area contributed by atoms with Crippen molar-refractivity contribution in [2.75, 3.05) is 6.26 Å². The Morgan fingerprint density at radius 1 is 1.08 bits per heavy atom. The lowest BCUT2D eigenvalue weighted by molar-refractivity contribution is 0.320. The van der Waals surface area contributed by atoms with Gasteiger partial charge in [0.25, 0.3) is 0 Å². The van der Waals surface area contributed by atoms with E-state index in [-0.39, 0.29) is 10.2 Å². The van der Waals surface area contributed by atoms with Crippen molar-refractivity contribution < 1.29 is 0 Å². The molecule has 140 valence electrons. The average Bonchev–Trinajstić information content (AvgIpc) is 2.91. The maximum absolute atomic E-state index is 4.43. The van der Waals surface area contributed by atoms with Gasteiger partial charge in [0.05, 0.1) is 0 Å². The highest BCUT2D eigenvalue weighted by molar-refractivity contribution is 8.00. The van der Waals surface area contributed by atoms with Crippen molar-refractivity contribution in [2.24, 2.45) is 11.3 Å². The normalized spacial score (nSPS) is 36.9. The molecule has 0 bridgehead atoms. The van der Waals surface area contributed by atoms with Gasteiger partial charge in [-0.15, -0.1) is 0 Å². The molecule has 26 heavy (non-hydrogen) atoms. The van der Waals surface area contributed by atoms with Gasteiger partial charge >= 0.3 is 0 Å². The molecule has 3 atom stereocenters. The summed E-state index contributed by atoms with van der Waals surface area (Å²) in [6.45, 7) is 13.4. The Hall–Kier alpha value is -1.47. The standard InChI is InChI=1S/C25H34S/c1-20(2)25(23-18-22(4)19-24(23,5)26-6)16-12-8-7-10-14-21(3)15-11-9-13-17-25/h7,9-13,15-17,19,23H,1,8,14,18H2,2-6H3/b10-7-,11-9-,16-12?,17-13?,21-15+. The van der Waals surface area contributed by atoms with Crippen LogP contribution in [0, 0.1) is 11.3 Å². The van der Waals surface area contributed by atoms with Gasteiger partial charge in [0.1, 0.15) is 0 Å². The second-order valence-electron chi connectivity index (χ2n) is 7.92. The lowest BCUT2D eigenvalue weighted by Crippen LogP contribution is -2.39. The van der Waals surface area contributed by atoms with Gasteiger partial charge in [0.2, 0.25) is 0 Å². The van der Waals surface area contributed by atoms with Gasteiger partial charge in [-0.05, 0) is 59.1 Å². The molecule has 3 unspecified atom stereocenters. The van der Waals surface area contributed by atoms with Gasteiger partial charge in [-0.25, -0.2) is 0 Å². The van der Waals surface area contributed by atoms with Crippen LogP contribution >= 0.6 is 11.8 Å². The van der Waals surface area contributed by atoms with Gasteiger partial charge in [-0.3, -0.25) is 0 Å². The first-order valence-electron chi connectivity index (χ1n) is 9.58. The average molecular weight is 367 g/mol. The van der Waals surface area contributed by atoms with Crippen molar-refractivity contribution in [1.29, 1.82) is 0 Å². The van der Waals surface area contributed by atoms with Crippen molar-refractivity contribution in [2.45, 2.75) is 51.7 Å². The first kappa shape index (κ1) is 20.8. The van der Waals surface area contributed by atoms with Crippen LogP contribution in [0.2, 0.25) is 0 Å². The summed E-state index contributed by atoms with van der Waals surface area (Å²) in [5, 5.41) is 0. The van der Waals surface area contributed by atoms with Gasteiger partial charge in [0, 0.05) is 10.2 Å². The maximum Gasteiger partial charge on any atom is 0.0356 e. The van der Waals surface area contributed by atoms with Crippen LogP contribution in [-0.4, -0.2) is 11.0 Å². The second kappa shape index (κ2) is 8.95. The molecule has 0 saturated heterocycles. The van der Waals surface area contributed by atoms with E-state index in [2.05, 4.69) is 101 Å². The van der Waals surface area contributed by atoms with Crippen LogP contribution in [0.1, 0.15) is 47.0 Å². The summed E-state index contributed by atoms with van der Waals surface area (Å²) in [5.41, 5.74) is 3.96. The van der Waals surface area contributed by atoms with Crippen LogP contribution in [0.3, 0.4) is 0 Å². The van der Waals surface area contributed by atoms with E-state index < -0.39 is 0 Å². The molecule has 0 amide bonds. The minimum Gasteiger partial charge on any atom is -0.154 e. The number of hydrogen-bond acceptors (Lipinski definition) is 1. The third-order valence-electron chi connectivity index (χ3n) is 5.75. The van der Waals surface area contributed by atoms with Gasteiger partial charge < -0.3 is 0 Å². The number of rotatable bonds is 3. The van der Waals surface area contributed by atoms with Gasteiger partial charge in [0.15, 0.2) is 0 Å². The topological polar surface area (TPSA) is 0 Å². The summed E-state index contributed by atoms with van der Waals surface area (Å²) >= 11 is 1.96. The molecule has 0 spiro atoms. The van der Waals surface area contributed by atoms with Crippen LogP contribution in [-0.2, 0) is 0 Å². The largest absolute Gasteiger partial charge is 0.154 e. The summed E-state index contributed by atoms with van der Waals surface area (Å²) < 4.78 is 0.127. The lowest BCUT2D eigenvalue weighted by Gasteiger charge is -2.43. The molecule has 0 saturated carbocycles. The zero-order chi connectivity index (χ0) is 19.2. The van der Waals surface area contributed by atoms with Crippen molar-refractivity contribution in [3.8, 4) is 0 Å². The van der Waals surface area contributed by atoms with E-state index in [4.69, 9.17) is 0 Å². The van der Waals surface area contributed by atoms with Gasteiger partial charge in [-0.1, -0.05) is 84.1 Å². The molecule has 0 fully saturated rings. The van der Waals surface area contributed by atoms with E-state index in [9.17, 15) is 0 Å². The highest BCUT2D eigenvalue weighted by Crippen LogP contribution is 2.55. The van der Waals surface area contributed by atoms with E-state index in [1.807, 2.05) is 11.8 Å². The SMILES string of the molecule is C=C(C)C1(C2CC(C)=CC2(C)SC)C=C/C=C\C=C(/C)C/C=C\CC=C1. The highest BCUT2D eigenvalue weighted by atomic mass is 32.2. The monoisotopic (exact) mass is 366 g/mol. The molecule has 2 rings (SSSR count). The third kappa shape index (κ3) is 4.62. The summed E-state index contributed by atoms with van der Waals surface area (Å²) in [4.78, 5) is 0. The first-order valence-corrected chi connectivity index (χ1v) is 10.8. The highest BCUT2D eigenvalue weighted by Gasteiger charge is 2.48. The van der Waals surface area contributed by atoms with Crippen molar-refractivity contribution in [3.63, 3.8) is 0 Å². The minimum absolute atomic E-state index is 0.127. The molecule has 2 aliphatic rings. The molecule has 0 heterocycles. The molecule has 0 aromatic rings. The lowest BCUT2D eigenvalue weighted by atomic mass is 9.65. The Kier molecular flexibility index (Phi) is 7.17. The van der Waals surface area contributed by atoms with E-state index in [1.54, 1.807) is 0 Å². The molecule has 1 heteroatoms. The molecule has 0 nitrogen and oxygen atoms in total. The second-order valence-corrected chi connectivity index (χ2v) is 9.21. The summed E-state index contributed by atoms with van der Waals surface area (Å²) in [6.07, 6.45) is 28.2. The number of allylic oxidation sites excluding steroid dienone is 12. The molecule has 2 aliphatic carbocycles. The molecule has 0 aliphatic heterocycles. The van der Waals surface area contributed by atoms with Crippen molar-refractivity contribution in [3.05, 3.63) is 84.1 Å². The molecule has 0 radical (unpaired) electrons. The molecular formula is C25H34S. The minimum atomic E-state index is -0.128. The maximum atomic E-state index is 4.43. The molecule has 0 aromatic heterocycles. The van der Waals surface area contributed by atoms with Crippen LogP contribution in [0.15, 0.2) is 84.1 Å². The van der Waals surface area contributed by atoms with E-state index in [1.165, 1.54) is 16.7 Å². The van der Waals surface area contributed by atoms with Crippen LogP contribution < -0.4 is 0 Å². The first-order chi connectivity index (χ1) is 12.3. The fraction of sp³-hybridized carbons (Fsp3) is 0.440. The Labute approximate surface area is 165 Å². The van der Waals surface area contributed by atoms with Gasteiger partial charge in [-0.2, -0.15) is 11.8 Å². The molecular weight excluding hydrogens is 332 g/mol. The quantitative estimate of drug-likeness (QED) is 0.463. The van der Waals surface area contributed by atoms with Crippen LogP contribution in [0.5, 0.6) is 0 Å². The van der Waals surface area contributed by atoms with Crippen LogP contribution in [0.4, 0.5) is 0 Å². The summed E-state index contributed by atoms with van der Waals surface area (Å²) in [6, 6.07) is 0. The predicted octanol–water partition coefficient (Wildman–Crippen LogP) is 7.60. The zero-order valence-electron chi connectivity index (χ0n) is 17.1. The third-order valence-corrected chi connectivity index (χ3v) is 7.04. The zero-order valence-corrected chi connectivity index (χ0v) is 17.9. The Morgan fingerprint density at radius 2 is 1.85 bits per heavy atom. The van der Waals surface area contributed by atoms with Crippen molar-refractivity contribution >= 4 is 11.8 Å². The Morgan fingerprint density at radius 3 is 2.54 bits per heavy atom. The number of thioether (sulfide) groups is 1. The van der Waals surface area contributed by atoms with Crippen LogP contribution in [0.25, 0.3) is 0 Å². The molecule has 0 N–H and O–H groups in total. The Balaban J connectivity index is 2.52. The Bertz CT molecular complexity index is 698. The van der Waals surface area contributed by atoms with Crippen molar-refractivity contribution in [1.82, 2.24) is 0 Å². The fourth-order valence-electron chi connectivity index (χ4n) is 4.16. The summed E-state index contributed by atoms with van der Waals surface area (Å²) in [5.74, 6) is 0.481. The van der Waals surface area contributed by atoms with E-state index >= 15 is 0 Å². The number of hydrogen-bond donors (Lipinski definition) is 0. The van der Waals surface area contributed by atoms with E-state index in [0.717, 1.165) is 19.3 Å². The summed E-state index contributed by atoms with van der Waals surface area (Å²) in [7, 11) is 0. The molecule has 0 aromatic carbocycles. The smallest absolute Gasteiger partial charge is 0.0356 e.